The standard InChI is InChI=1S/C25H23F2NO5/c26-21-9-14(10-22(27)19(21)12-29)24(31)23(30)11-28-25(32)33-13-20-17-7-3-1-5-15(17)16-6-2-4-8-18(16)20/h1-10,20,23-24,29-31H,11-13H2,(H,28,32). The molecule has 0 spiro atoms. The Morgan fingerprint density at radius 3 is 2.06 bits per heavy atom. The van der Waals surface area contributed by atoms with Gasteiger partial charge in [0.05, 0.1) is 6.61 Å². The first-order valence-corrected chi connectivity index (χ1v) is 10.4. The van der Waals surface area contributed by atoms with Crippen molar-refractivity contribution in [3.63, 3.8) is 0 Å². The minimum absolute atomic E-state index is 0.0809. The molecule has 1 amide bonds. The second-order valence-corrected chi connectivity index (χ2v) is 7.84. The Morgan fingerprint density at radius 1 is 0.970 bits per heavy atom. The fraction of sp³-hybridized carbons (Fsp3) is 0.240. The molecular weight excluding hydrogens is 432 g/mol. The Bertz CT molecular complexity index is 1100. The van der Waals surface area contributed by atoms with Gasteiger partial charge >= 0.3 is 6.09 Å². The van der Waals surface area contributed by atoms with Gasteiger partial charge in [0.15, 0.2) is 0 Å². The summed E-state index contributed by atoms with van der Waals surface area (Å²) >= 11 is 0. The number of rotatable bonds is 7. The minimum Gasteiger partial charge on any atom is -0.449 e. The molecule has 172 valence electrons. The van der Waals surface area contributed by atoms with E-state index in [1.54, 1.807) is 0 Å². The Kier molecular flexibility index (Phi) is 6.69. The van der Waals surface area contributed by atoms with Gasteiger partial charge in [0.25, 0.3) is 0 Å². The lowest BCUT2D eigenvalue weighted by atomic mass is 9.98. The fourth-order valence-corrected chi connectivity index (χ4v) is 4.12. The number of carbonyl (C=O) groups excluding carboxylic acids is 1. The summed E-state index contributed by atoms with van der Waals surface area (Å²) in [5, 5.41) is 31.7. The Hall–Kier alpha value is -3.33. The van der Waals surface area contributed by atoms with E-state index in [-0.39, 0.29) is 18.1 Å². The maximum Gasteiger partial charge on any atom is 0.407 e. The van der Waals surface area contributed by atoms with Crippen molar-refractivity contribution in [2.45, 2.75) is 24.7 Å². The van der Waals surface area contributed by atoms with E-state index >= 15 is 0 Å². The highest BCUT2D eigenvalue weighted by atomic mass is 19.1. The number of nitrogens with one attached hydrogen (secondary N) is 1. The Labute approximate surface area is 189 Å². The number of halogens is 2. The van der Waals surface area contributed by atoms with Crippen LogP contribution in [0.25, 0.3) is 11.1 Å². The monoisotopic (exact) mass is 455 g/mol. The highest BCUT2D eigenvalue weighted by Gasteiger charge is 2.29. The first-order chi connectivity index (χ1) is 15.9. The van der Waals surface area contributed by atoms with Crippen molar-refractivity contribution in [1.29, 1.82) is 0 Å². The second-order valence-electron chi connectivity index (χ2n) is 7.84. The van der Waals surface area contributed by atoms with E-state index in [9.17, 15) is 23.8 Å². The van der Waals surface area contributed by atoms with Crippen LogP contribution in [0.15, 0.2) is 60.7 Å². The van der Waals surface area contributed by atoms with Crippen molar-refractivity contribution < 1.29 is 33.6 Å². The van der Waals surface area contributed by atoms with Crippen LogP contribution in [-0.2, 0) is 11.3 Å². The predicted octanol–water partition coefficient (Wildman–Crippen LogP) is 3.39. The molecule has 0 saturated heterocycles. The topological polar surface area (TPSA) is 99.0 Å². The van der Waals surface area contributed by atoms with Crippen molar-refractivity contribution in [2.75, 3.05) is 13.2 Å². The van der Waals surface area contributed by atoms with Crippen LogP contribution >= 0.6 is 0 Å². The van der Waals surface area contributed by atoms with Crippen LogP contribution < -0.4 is 5.32 Å². The van der Waals surface area contributed by atoms with Gasteiger partial charge in [-0.2, -0.15) is 0 Å². The van der Waals surface area contributed by atoms with Crippen LogP contribution in [0.2, 0.25) is 0 Å². The quantitative estimate of drug-likeness (QED) is 0.438. The molecule has 0 bridgehead atoms. The summed E-state index contributed by atoms with van der Waals surface area (Å²) < 4.78 is 33.0. The molecule has 4 rings (SSSR count). The first-order valence-electron chi connectivity index (χ1n) is 10.4. The summed E-state index contributed by atoms with van der Waals surface area (Å²) in [4.78, 5) is 12.2. The van der Waals surface area contributed by atoms with Crippen LogP contribution in [-0.4, -0.2) is 40.7 Å². The van der Waals surface area contributed by atoms with Gasteiger partial charge in [0, 0.05) is 18.0 Å². The summed E-state index contributed by atoms with van der Waals surface area (Å²) in [6.07, 6.45) is -3.99. The van der Waals surface area contributed by atoms with Crippen molar-refractivity contribution in [2.24, 2.45) is 0 Å². The average molecular weight is 455 g/mol. The molecular formula is C25H23F2NO5. The summed E-state index contributed by atoms with van der Waals surface area (Å²) in [5.41, 5.74) is 3.54. The van der Waals surface area contributed by atoms with Crippen LogP contribution in [0.3, 0.4) is 0 Å². The highest BCUT2D eigenvalue weighted by molar-refractivity contribution is 5.79. The molecule has 0 fully saturated rings. The maximum atomic E-state index is 13.8. The number of hydrogen-bond acceptors (Lipinski definition) is 5. The number of carbonyl (C=O) groups is 1. The van der Waals surface area contributed by atoms with Crippen LogP contribution in [0, 0.1) is 11.6 Å². The molecule has 0 aliphatic heterocycles. The van der Waals surface area contributed by atoms with Crippen molar-refractivity contribution >= 4 is 6.09 Å². The molecule has 0 heterocycles. The summed E-state index contributed by atoms with van der Waals surface area (Å²) in [5.74, 6) is -2.21. The van der Waals surface area contributed by atoms with Gasteiger partial charge in [-0.25, -0.2) is 13.6 Å². The smallest absolute Gasteiger partial charge is 0.407 e. The highest BCUT2D eigenvalue weighted by Crippen LogP contribution is 2.44. The number of amides is 1. The van der Waals surface area contributed by atoms with Crippen LogP contribution in [0.5, 0.6) is 0 Å². The molecule has 0 saturated carbocycles. The van der Waals surface area contributed by atoms with Crippen LogP contribution in [0.4, 0.5) is 13.6 Å². The van der Waals surface area contributed by atoms with E-state index in [0.717, 1.165) is 34.4 Å². The number of fused-ring (bicyclic) bond motifs is 3. The van der Waals surface area contributed by atoms with Crippen LogP contribution in [0.1, 0.15) is 34.3 Å². The summed E-state index contributed by atoms with van der Waals surface area (Å²) in [7, 11) is 0. The van der Waals surface area contributed by atoms with Gasteiger partial charge in [-0.15, -0.1) is 0 Å². The van der Waals surface area contributed by atoms with Crippen molar-refractivity contribution in [1.82, 2.24) is 5.32 Å². The maximum absolute atomic E-state index is 13.8. The molecule has 8 heteroatoms. The normalized spacial score (nSPS) is 14.3. The zero-order chi connectivity index (χ0) is 23.5. The summed E-state index contributed by atoms with van der Waals surface area (Å²) in [6, 6.07) is 17.4. The zero-order valence-electron chi connectivity index (χ0n) is 17.5. The van der Waals surface area contributed by atoms with Gasteiger partial charge in [-0.3, -0.25) is 0 Å². The first kappa shape index (κ1) is 22.8. The molecule has 1 aliphatic carbocycles. The molecule has 2 atom stereocenters. The number of hydrogen-bond donors (Lipinski definition) is 4. The Morgan fingerprint density at radius 2 is 1.52 bits per heavy atom. The van der Waals surface area contributed by atoms with E-state index in [1.807, 2.05) is 48.5 Å². The van der Waals surface area contributed by atoms with E-state index < -0.39 is 48.7 Å². The molecule has 6 nitrogen and oxygen atoms in total. The number of ether oxygens (including phenoxy) is 1. The van der Waals surface area contributed by atoms with Gasteiger partial charge < -0.3 is 25.4 Å². The minimum atomic E-state index is -1.66. The van der Waals surface area contributed by atoms with Gasteiger partial charge in [0.1, 0.15) is 30.4 Å². The lowest BCUT2D eigenvalue weighted by molar-refractivity contribution is 0.0181. The lowest BCUT2D eigenvalue weighted by Gasteiger charge is -2.20. The molecule has 3 aromatic rings. The third kappa shape index (κ3) is 4.59. The van der Waals surface area contributed by atoms with E-state index in [0.29, 0.717) is 0 Å². The van der Waals surface area contributed by atoms with Crippen molar-refractivity contribution in [3.8, 4) is 11.1 Å². The van der Waals surface area contributed by atoms with Crippen molar-refractivity contribution in [3.05, 3.63) is 94.6 Å². The number of aliphatic hydroxyl groups is 3. The number of alkyl carbamates (subject to hydrolysis) is 1. The largest absolute Gasteiger partial charge is 0.449 e. The lowest BCUT2D eigenvalue weighted by Crippen LogP contribution is -2.36. The molecule has 0 aromatic heterocycles. The molecule has 4 N–H and O–H groups in total. The average Bonchev–Trinajstić information content (AvgIpc) is 3.14. The third-order valence-electron chi connectivity index (χ3n) is 5.83. The number of benzene rings is 3. The molecule has 1 aliphatic rings. The van der Waals surface area contributed by atoms with E-state index in [2.05, 4.69) is 5.32 Å². The third-order valence-corrected chi connectivity index (χ3v) is 5.83. The fourth-order valence-electron chi connectivity index (χ4n) is 4.12. The molecule has 3 aromatic carbocycles. The van der Waals surface area contributed by atoms with Gasteiger partial charge in [0.2, 0.25) is 0 Å². The molecule has 0 radical (unpaired) electrons. The SMILES string of the molecule is O=C(NCC(O)C(O)c1cc(F)c(CO)c(F)c1)OCC1c2ccccc2-c2ccccc21. The molecule has 33 heavy (non-hydrogen) atoms. The predicted molar refractivity (Wildman–Crippen MR) is 116 cm³/mol. The number of aliphatic hydroxyl groups excluding tert-OH is 3. The van der Waals surface area contributed by atoms with Gasteiger partial charge in [-0.1, -0.05) is 48.5 Å². The van der Waals surface area contributed by atoms with Gasteiger partial charge in [-0.05, 0) is 39.9 Å². The summed E-state index contributed by atoms with van der Waals surface area (Å²) in [6.45, 7) is -1.15. The molecule has 2 unspecified atom stereocenters. The van der Waals surface area contributed by atoms with E-state index in [4.69, 9.17) is 9.84 Å². The Balaban J connectivity index is 1.35. The van der Waals surface area contributed by atoms with E-state index in [1.165, 1.54) is 0 Å². The second kappa shape index (κ2) is 9.66. The zero-order valence-corrected chi connectivity index (χ0v) is 17.5.